The maximum absolute atomic E-state index is 13.3. The van der Waals surface area contributed by atoms with Gasteiger partial charge in [-0.2, -0.15) is 0 Å². The molecule has 19 heavy (non-hydrogen) atoms. The van der Waals surface area contributed by atoms with E-state index in [-0.39, 0.29) is 18.1 Å². The minimum atomic E-state index is -0.328. The van der Waals surface area contributed by atoms with Crippen LogP contribution in [0.15, 0.2) is 24.3 Å². The van der Waals surface area contributed by atoms with Gasteiger partial charge in [0.2, 0.25) is 5.91 Å². The Morgan fingerprint density at radius 1 is 1.37 bits per heavy atom. The van der Waals surface area contributed by atoms with Crippen LogP contribution in [-0.2, 0) is 16.0 Å². The molecule has 0 heterocycles. The highest BCUT2D eigenvalue weighted by Gasteiger charge is 2.20. The second-order valence-electron chi connectivity index (χ2n) is 4.99. The average Bonchev–Trinajstić information content (AvgIpc) is 3.20. The van der Waals surface area contributed by atoms with Gasteiger partial charge in [-0.1, -0.05) is 18.2 Å². The Balaban J connectivity index is 1.55. The summed E-state index contributed by atoms with van der Waals surface area (Å²) < 4.78 is 18.8. The molecule has 1 aliphatic carbocycles. The summed E-state index contributed by atoms with van der Waals surface area (Å²) in [6, 6.07) is 6.35. The summed E-state index contributed by atoms with van der Waals surface area (Å²) in [4.78, 5) is 11.6. The zero-order valence-corrected chi connectivity index (χ0v) is 11.0. The molecule has 1 aromatic rings. The van der Waals surface area contributed by atoms with Crippen molar-refractivity contribution in [2.45, 2.75) is 25.7 Å². The fraction of sp³-hybridized carbons (Fsp3) is 0.533. The number of benzene rings is 1. The van der Waals surface area contributed by atoms with Gasteiger partial charge in [0.15, 0.2) is 0 Å². The zero-order chi connectivity index (χ0) is 13.5. The van der Waals surface area contributed by atoms with E-state index in [4.69, 9.17) is 4.74 Å². The summed E-state index contributed by atoms with van der Waals surface area (Å²) in [7, 11) is 0. The third-order valence-electron chi connectivity index (χ3n) is 3.15. The molecule has 0 bridgehead atoms. The summed E-state index contributed by atoms with van der Waals surface area (Å²) in [6.07, 6.45) is 3.48. The summed E-state index contributed by atoms with van der Waals surface area (Å²) >= 11 is 0. The van der Waals surface area contributed by atoms with Crippen molar-refractivity contribution >= 4 is 5.91 Å². The highest BCUT2D eigenvalue weighted by Crippen LogP contribution is 2.28. The lowest BCUT2D eigenvalue weighted by molar-refractivity contribution is -0.120. The second kappa shape index (κ2) is 7.24. The monoisotopic (exact) mass is 265 g/mol. The van der Waals surface area contributed by atoms with Gasteiger partial charge in [0.1, 0.15) is 5.82 Å². The Kier molecular flexibility index (Phi) is 5.33. The van der Waals surface area contributed by atoms with Crippen LogP contribution in [0.2, 0.25) is 0 Å². The van der Waals surface area contributed by atoms with E-state index >= 15 is 0 Å². The van der Waals surface area contributed by atoms with Crippen molar-refractivity contribution in [2.24, 2.45) is 5.92 Å². The van der Waals surface area contributed by atoms with Gasteiger partial charge in [-0.25, -0.2) is 4.39 Å². The molecule has 1 fully saturated rings. The van der Waals surface area contributed by atoms with E-state index in [9.17, 15) is 9.18 Å². The molecule has 0 spiro atoms. The predicted octanol–water partition coefficient (Wildman–Crippen LogP) is 2.30. The third-order valence-corrected chi connectivity index (χ3v) is 3.15. The number of ether oxygens (including phenoxy) is 1. The van der Waals surface area contributed by atoms with Crippen molar-refractivity contribution in [3.63, 3.8) is 0 Å². The van der Waals surface area contributed by atoms with Crippen molar-refractivity contribution in [2.75, 3.05) is 19.8 Å². The number of halogens is 1. The number of amides is 1. The first-order chi connectivity index (χ1) is 9.25. The van der Waals surface area contributed by atoms with Gasteiger partial charge in [-0.3, -0.25) is 4.79 Å². The molecule has 0 aromatic heterocycles. The molecule has 1 aromatic carbocycles. The molecule has 0 unspecified atom stereocenters. The largest absolute Gasteiger partial charge is 0.381 e. The smallest absolute Gasteiger partial charge is 0.224 e. The van der Waals surface area contributed by atoms with E-state index in [0.717, 1.165) is 18.9 Å². The van der Waals surface area contributed by atoms with Crippen molar-refractivity contribution in [1.29, 1.82) is 0 Å². The summed E-state index contributed by atoms with van der Waals surface area (Å²) in [5.41, 5.74) is 0.435. The van der Waals surface area contributed by atoms with E-state index in [1.807, 2.05) is 0 Å². The molecule has 0 radical (unpaired) electrons. The summed E-state index contributed by atoms with van der Waals surface area (Å²) in [6.45, 7) is 2.11. The maximum atomic E-state index is 13.3. The molecule has 1 N–H and O–H groups in total. The molecule has 0 atom stereocenters. The van der Waals surface area contributed by atoms with Crippen LogP contribution >= 0.6 is 0 Å². The van der Waals surface area contributed by atoms with Crippen LogP contribution in [0.25, 0.3) is 0 Å². The molecule has 4 heteroatoms. The SMILES string of the molecule is O=C(Cc1ccccc1F)NCCCOCC1CC1. The Hall–Kier alpha value is -1.42. The lowest BCUT2D eigenvalue weighted by atomic mass is 10.1. The number of hydrogen-bond acceptors (Lipinski definition) is 2. The average molecular weight is 265 g/mol. The first kappa shape index (κ1) is 14.0. The summed E-state index contributed by atoms with van der Waals surface area (Å²) in [5, 5.41) is 2.78. The van der Waals surface area contributed by atoms with Crippen molar-refractivity contribution < 1.29 is 13.9 Å². The van der Waals surface area contributed by atoms with Crippen molar-refractivity contribution in [3.8, 4) is 0 Å². The van der Waals surface area contributed by atoms with Crippen molar-refractivity contribution in [3.05, 3.63) is 35.6 Å². The molecule has 0 aliphatic heterocycles. The molecule has 104 valence electrons. The molecular formula is C15H20FNO2. The highest BCUT2D eigenvalue weighted by molar-refractivity contribution is 5.78. The molecular weight excluding hydrogens is 245 g/mol. The standard InChI is InChI=1S/C15H20FNO2/c16-14-5-2-1-4-13(14)10-15(18)17-8-3-9-19-11-12-6-7-12/h1-2,4-5,12H,3,6-11H2,(H,17,18). The van der Waals surface area contributed by atoms with Crippen LogP contribution in [0, 0.1) is 11.7 Å². The lowest BCUT2D eigenvalue weighted by Crippen LogP contribution is -2.27. The zero-order valence-electron chi connectivity index (χ0n) is 11.0. The van der Waals surface area contributed by atoms with Gasteiger partial charge in [-0.15, -0.1) is 0 Å². The maximum Gasteiger partial charge on any atom is 0.224 e. The van der Waals surface area contributed by atoms with Crippen LogP contribution in [0.5, 0.6) is 0 Å². The quantitative estimate of drug-likeness (QED) is 0.732. The molecule has 0 saturated heterocycles. The Morgan fingerprint density at radius 2 is 2.16 bits per heavy atom. The van der Waals surface area contributed by atoms with Gasteiger partial charge in [0, 0.05) is 19.8 Å². The molecule has 1 aliphatic rings. The van der Waals surface area contributed by atoms with Crippen LogP contribution in [0.3, 0.4) is 0 Å². The van der Waals surface area contributed by atoms with E-state index < -0.39 is 0 Å². The number of hydrogen-bond donors (Lipinski definition) is 1. The van der Waals surface area contributed by atoms with E-state index in [0.29, 0.717) is 18.7 Å². The van der Waals surface area contributed by atoms with Gasteiger partial charge in [0.05, 0.1) is 6.42 Å². The third kappa shape index (κ3) is 5.39. The van der Waals surface area contributed by atoms with Crippen LogP contribution in [0.4, 0.5) is 4.39 Å². The molecule has 1 amide bonds. The molecule has 2 rings (SSSR count). The van der Waals surface area contributed by atoms with Crippen LogP contribution in [-0.4, -0.2) is 25.7 Å². The Bertz CT molecular complexity index is 418. The normalized spacial score (nSPS) is 14.4. The lowest BCUT2D eigenvalue weighted by Gasteiger charge is -2.06. The number of carbonyl (C=O) groups is 1. The molecule has 1 saturated carbocycles. The highest BCUT2D eigenvalue weighted by atomic mass is 19.1. The fourth-order valence-electron chi connectivity index (χ4n) is 1.81. The van der Waals surface area contributed by atoms with E-state index in [2.05, 4.69) is 5.32 Å². The summed E-state index contributed by atoms with van der Waals surface area (Å²) in [5.74, 6) is 0.299. The Labute approximate surface area is 113 Å². The predicted molar refractivity (Wildman–Crippen MR) is 71.3 cm³/mol. The van der Waals surface area contributed by atoms with Crippen LogP contribution in [0.1, 0.15) is 24.8 Å². The molecule has 3 nitrogen and oxygen atoms in total. The number of nitrogens with one attached hydrogen (secondary N) is 1. The van der Waals surface area contributed by atoms with Crippen molar-refractivity contribution in [1.82, 2.24) is 5.32 Å². The van der Waals surface area contributed by atoms with Gasteiger partial charge < -0.3 is 10.1 Å². The topological polar surface area (TPSA) is 38.3 Å². The second-order valence-corrected chi connectivity index (χ2v) is 4.99. The van der Waals surface area contributed by atoms with E-state index in [1.165, 1.54) is 18.9 Å². The first-order valence-corrected chi connectivity index (χ1v) is 6.83. The fourth-order valence-corrected chi connectivity index (χ4v) is 1.81. The van der Waals surface area contributed by atoms with E-state index in [1.54, 1.807) is 18.2 Å². The van der Waals surface area contributed by atoms with Crippen LogP contribution < -0.4 is 5.32 Å². The minimum Gasteiger partial charge on any atom is -0.381 e. The van der Waals surface area contributed by atoms with Gasteiger partial charge in [-0.05, 0) is 36.8 Å². The number of rotatable bonds is 8. The number of carbonyl (C=O) groups excluding carboxylic acids is 1. The van der Waals surface area contributed by atoms with Gasteiger partial charge in [0.25, 0.3) is 0 Å². The Morgan fingerprint density at radius 3 is 2.89 bits per heavy atom. The first-order valence-electron chi connectivity index (χ1n) is 6.83. The van der Waals surface area contributed by atoms with Gasteiger partial charge >= 0.3 is 0 Å². The minimum absolute atomic E-state index is 0.0929.